The Morgan fingerprint density at radius 1 is 1.07 bits per heavy atom. The first-order valence-electron chi connectivity index (χ1n) is 9.44. The molecule has 30 heavy (non-hydrogen) atoms. The van der Waals surface area contributed by atoms with Crippen LogP contribution in [-0.4, -0.2) is 33.2 Å². The van der Waals surface area contributed by atoms with Gasteiger partial charge in [0.05, 0.1) is 16.7 Å². The van der Waals surface area contributed by atoms with E-state index in [1.54, 1.807) is 30.3 Å². The molecule has 0 unspecified atom stereocenters. The van der Waals surface area contributed by atoms with Crippen LogP contribution in [0.2, 0.25) is 0 Å². The van der Waals surface area contributed by atoms with Crippen LogP contribution in [0.15, 0.2) is 82.9 Å². The first-order chi connectivity index (χ1) is 14.5. The van der Waals surface area contributed by atoms with E-state index in [-0.39, 0.29) is 17.2 Å². The molecule has 0 aliphatic heterocycles. The van der Waals surface area contributed by atoms with Gasteiger partial charge in [-0.1, -0.05) is 42.1 Å². The third-order valence-electron chi connectivity index (χ3n) is 4.72. The zero-order chi connectivity index (χ0) is 21.1. The number of hydrogen-bond donors (Lipinski definition) is 0. The van der Waals surface area contributed by atoms with Crippen LogP contribution in [0.3, 0.4) is 0 Å². The maximum absolute atomic E-state index is 13.2. The molecule has 0 bridgehead atoms. The van der Waals surface area contributed by atoms with Crippen LogP contribution < -0.4 is 10.5 Å². The predicted octanol–water partition coefficient (Wildman–Crippen LogP) is 3.84. The average Bonchev–Trinajstić information content (AvgIpc) is 2.77. The lowest BCUT2D eigenvalue weighted by Gasteiger charge is -2.18. The Morgan fingerprint density at radius 2 is 1.80 bits per heavy atom. The molecule has 0 aliphatic rings. The quantitative estimate of drug-likeness (QED) is 0.365. The SMILES string of the molecule is Cc1ccnc(-n2c(SCC(=O)N(C)c3ccccc3)nc3ccccc3c2=O)c1. The smallest absolute Gasteiger partial charge is 0.267 e. The lowest BCUT2D eigenvalue weighted by Crippen LogP contribution is -2.28. The number of pyridine rings is 1. The Balaban J connectivity index is 1.72. The number of carbonyl (C=O) groups excluding carboxylic acids is 1. The molecule has 0 saturated heterocycles. The van der Waals surface area contributed by atoms with Crippen LogP contribution in [0, 0.1) is 6.92 Å². The van der Waals surface area contributed by atoms with Gasteiger partial charge >= 0.3 is 0 Å². The Bertz CT molecular complexity index is 1270. The molecule has 150 valence electrons. The van der Waals surface area contributed by atoms with Crippen LogP contribution >= 0.6 is 11.8 Å². The minimum absolute atomic E-state index is 0.0858. The van der Waals surface area contributed by atoms with Crippen LogP contribution in [0.1, 0.15) is 5.56 Å². The number of rotatable bonds is 5. The molecular weight excluding hydrogens is 396 g/mol. The summed E-state index contributed by atoms with van der Waals surface area (Å²) in [5.41, 5.74) is 2.19. The molecule has 0 saturated carbocycles. The topological polar surface area (TPSA) is 68.1 Å². The van der Waals surface area contributed by atoms with Crippen molar-refractivity contribution in [3.8, 4) is 5.82 Å². The van der Waals surface area contributed by atoms with Gasteiger partial charge in [-0.25, -0.2) is 14.5 Å². The summed E-state index contributed by atoms with van der Waals surface area (Å²) in [6, 6.07) is 20.3. The van der Waals surface area contributed by atoms with E-state index in [2.05, 4.69) is 9.97 Å². The second kappa shape index (κ2) is 8.51. The summed E-state index contributed by atoms with van der Waals surface area (Å²) in [4.78, 5) is 36.6. The summed E-state index contributed by atoms with van der Waals surface area (Å²) in [6.45, 7) is 1.94. The van der Waals surface area contributed by atoms with Gasteiger partial charge in [-0.3, -0.25) is 9.59 Å². The fourth-order valence-electron chi connectivity index (χ4n) is 3.07. The molecule has 4 aromatic rings. The van der Waals surface area contributed by atoms with E-state index in [4.69, 9.17) is 0 Å². The maximum Gasteiger partial charge on any atom is 0.267 e. The van der Waals surface area contributed by atoms with Crippen molar-refractivity contribution in [2.24, 2.45) is 0 Å². The molecule has 0 spiro atoms. The highest BCUT2D eigenvalue weighted by atomic mass is 32.2. The van der Waals surface area contributed by atoms with E-state index in [1.165, 1.54) is 16.3 Å². The predicted molar refractivity (Wildman–Crippen MR) is 120 cm³/mol. The number of hydrogen-bond acceptors (Lipinski definition) is 5. The Morgan fingerprint density at radius 3 is 2.57 bits per heavy atom. The van der Waals surface area contributed by atoms with E-state index in [9.17, 15) is 9.59 Å². The van der Waals surface area contributed by atoms with Crippen molar-refractivity contribution in [2.45, 2.75) is 12.1 Å². The van der Waals surface area contributed by atoms with Gasteiger partial charge in [-0.05, 0) is 48.9 Å². The lowest BCUT2D eigenvalue weighted by atomic mass is 10.2. The number of anilines is 1. The highest BCUT2D eigenvalue weighted by molar-refractivity contribution is 7.99. The largest absolute Gasteiger partial charge is 0.315 e. The van der Waals surface area contributed by atoms with Crippen molar-refractivity contribution in [3.05, 3.63) is 88.8 Å². The molecule has 0 radical (unpaired) electrons. The van der Waals surface area contributed by atoms with Crippen LogP contribution in [-0.2, 0) is 4.79 Å². The van der Waals surface area contributed by atoms with Crippen molar-refractivity contribution >= 4 is 34.3 Å². The number of thioether (sulfide) groups is 1. The summed E-state index contributed by atoms with van der Waals surface area (Å²) < 4.78 is 1.48. The molecule has 1 amide bonds. The molecule has 0 fully saturated rings. The molecule has 0 atom stereocenters. The summed E-state index contributed by atoms with van der Waals surface area (Å²) >= 11 is 1.23. The second-order valence-electron chi connectivity index (χ2n) is 6.82. The number of carbonyl (C=O) groups is 1. The third kappa shape index (κ3) is 3.97. The normalized spacial score (nSPS) is 10.9. The number of nitrogens with zero attached hydrogens (tertiary/aromatic N) is 4. The summed E-state index contributed by atoms with van der Waals surface area (Å²) in [5.74, 6) is 0.545. The van der Waals surface area contributed by atoms with Gasteiger partial charge in [0.15, 0.2) is 5.16 Å². The summed E-state index contributed by atoms with van der Waals surface area (Å²) in [7, 11) is 1.74. The number of amides is 1. The van der Waals surface area contributed by atoms with Gasteiger partial charge in [0.2, 0.25) is 5.91 Å². The highest BCUT2D eigenvalue weighted by Crippen LogP contribution is 2.22. The van der Waals surface area contributed by atoms with E-state index >= 15 is 0 Å². The van der Waals surface area contributed by atoms with Gasteiger partial charge in [-0.15, -0.1) is 0 Å². The standard InChI is InChI=1S/C23H20N4O2S/c1-16-12-13-24-20(14-16)27-22(29)18-10-6-7-11-19(18)25-23(27)30-15-21(28)26(2)17-8-4-3-5-9-17/h3-14H,15H2,1-2H3. The van der Waals surface area contributed by atoms with Crippen molar-refractivity contribution in [3.63, 3.8) is 0 Å². The molecule has 4 rings (SSSR count). The summed E-state index contributed by atoms with van der Waals surface area (Å²) in [5, 5.41) is 0.949. The minimum atomic E-state index is -0.204. The Hall–Kier alpha value is -3.45. The third-order valence-corrected chi connectivity index (χ3v) is 5.64. The highest BCUT2D eigenvalue weighted by Gasteiger charge is 2.17. The van der Waals surface area contributed by atoms with Crippen molar-refractivity contribution in [2.75, 3.05) is 17.7 Å². The molecule has 0 N–H and O–H groups in total. The maximum atomic E-state index is 13.2. The fourth-order valence-corrected chi connectivity index (χ4v) is 3.99. The lowest BCUT2D eigenvalue weighted by molar-refractivity contribution is -0.115. The fraction of sp³-hybridized carbons (Fsp3) is 0.130. The number of para-hydroxylation sites is 2. The van der Waals surface area contributed by atoms with E-state index in [0.717, 1.165) is 11.3 Å². The van der Waals surface area contributed by atoms with E-state index in [1.807, 2.05) is 61.5 Å². The summed E-state index contributed by atoms with van der Waals surface area (Å²) in [6.07, 6.45) is 1.66. The van der Waals surface area contributed by atoms with Crippen molar-refractivity contribution < 1.29 is 4.79 Å². The Kier molecular flexibility index (Phi) is 5.63. The van der Waals surface area contributed by atoms with Gasteiger partial charge < -0.3 is 4.90 Å². The van der Waals surface area contributed by atoms with Crippen LogP contribution in [0.5, 0.6) is 0 Å². The van der Waals surface area contributed by atoms with Crippen LogP contribution in [0.25, 0.3) is 16.7 Å². The van der Waals surface area contributed by atoms with Crippen LogP contribution in [0.4, 0.5) is 5.69 Å². The number of aromatic nitrogens is 3. The number of benzene rings is 2. The van der Waals surface area contributed by atoms with Crippen molar-refractivity contribution in [1.29, 1.82) is 0 Å². The molecule has 6 nitrogen and oxygen atoms in total. The Labute approximate surface area is 178 Å². The van der Waals surface area contributed by atoms with Crippen molar-refractivity contribution in [1.82, 2.24) is 14.5 Å². The molecule has 2 aromatic carbocycles. The number of aryl methyl sites for hydroxylation is 1. The van der Waals surface area contributed by atoms with Gasteiger partial charge in [-0.2, -0.15) is 0 Å². The molecule has 2 heterocycles. The first kappa shape index (κ1) is 19.8. The molecule has 7 heteroatoms. The molecular formula is C23H20N4O2S. The zero-order valence-electron chi connectivity index (χ0n) is 16.6. The second-order valence-corrected chi connectivity index (χ2v) is 7.76. The van der Waals surface area contributed by atoms with E-state index in [0.29, 0.717) is 21.9 Å². The van der Waals surface area contributed by atoms with Gasteiger partial charge in [0, 0.05) is 18.9 Å². The number of fused-ring (bicyclic) bond motifs is 1. The van der Waals surface area contributed by atoms with Gasteiger partial charge in [0.1, 0.15) is 5.82 Å². The zero-order valence-corrected chi connectivity index (χ0v) is 17.5. The van der Waals surface area contributed by atoms with E-state index < -0.39 is 0 Å². The minimum Gasteiger partial charge on any atom is -0.315 e. The molecule has 0 aliphatic carbocycles. The molecule has 2 aromatic heterocycles. The first-order valence-corrected chi connectivity index (χ1v) is 10.4. The average molecular weight is 417 g/mol. The monoisotopic (exact) mass is 416 g/mol. The van der Waals surface area contributed by atoms with Gasteiger partial charge in [0.25, 0.3) is 5.56 Å².